The second-order valence-corrected chi connectivity index (χ2v) is 7.42. The Bertz CT molecular complexity index is 920. The number of esters is 1. The predicted molar refractivity (Wildman–Crippen MR) is 110 cm³/mol. The van der Waals surface area contributed by atoms with Gasteiger partial charge in [-0.25, -0.2) is 9.48 Å². The van der Waals surface area contributed by atoms with Gasteiger partial charge in [0.2, 0.25) is 0 Å². The summed E-state index contributed by atoms with van der Waals surface area (Å²) in [5.74, 6) is -0.893. The van der Waals surface area contributed by atoms with Crippen LogP contribution in [0.3, 0.4) is 0 Å². The SMILES string of the molecule is CCC[C@H](C)NC(=O)COC(=O)c1cc(-c2cccs2)nn1-c1ccccc1. The lowest BCUT2D eigenvalue weighted by Gasteiger charge is -2.13. The second kappa shape index (κ2) is 9.32. The van der Waals surface area contributed by atoms with E-state index in [9.17, 15) is 9.59 Å². The summed E-state index contributed by atoms with van der Waals surface area (Å²) in [6.07, 6.45) is 1.85. The molecular formula is C21H23N3O3S. The summed E-state index contributed by atoms with van der Waals surface area (Å²) in [7, 11) is 0. The van der Waals surface area contributed by atoms with Gasteiger partial charge in [0, 0.05) is 12.1 Å². The van der Waals surface area contributed by atoms with Gasteiger partial charge in [-0.3, -0.25) is 4.79 Å². The van der Waals surface area contributed by atoms with Crippen molar-refractivity contribution in [3.05, 3.63) is 59.6 Å². The molecule has 0 aliphatic rings. The van der Waals surface area contributed by atoms with Crippen LogP contribution in [-0.2, 0) is 9.53 Å². The molecule has 0 aliphatic carbocycles. The third-order valence-electron chi connectivity index (χ3n) is 4.16. The maximum atomic E-state index is 12.7. The maximum absolute atomic E-state index is 12.7. The number of hydrogen-bond acceptors (Lipinski definition) is 5. The number of carbonyl (C=O) groups is 2. The first-order chi connectivity index (χ1) is 13.6. The minimum atomic E-state index is -0.586. The van der Waals surface area contributed by atoms with E-state index in [2.05, 4.69) is 17.3 Å². The van der Waals surface area contributed by atoms with Gasteiger partial charge in [0.25, 0.3) is 5.91 Å². The van der Waals surface area contributed by atoms with Gasteiger partial charge >= 0.3 is 5.97 Å². The number of aromatic nitrogens is 2. The standard InChI is InChI=1S/C21H23N3O3S/c1-3-8-15(2)22-20(25)14-27-21(26)18-13-17(19-11-7-12-28-19)23-24(18)16-9-5-4-6-10-16/h4-7,9-13,15H,3,8,14H2,1-2H3,(H,22,25)/t15-/m0/s1. The van der Waals surface area contributed by atoms with E-state index in [1.165, 1.54) is 0 Å². The van der Waals surface area contributed by atoms with E-state index in [-0.39, 0.29) is 24.2 Å². The largest absolute Gasteiger partial charge is 0.451 e. The lowest BCUT2D eigenvalue weighted by molar-refractivity contribution is -0.124. The zero-order valence-corrected chi connectivity index (χ0v) is 16.7. The van der Waals surface area contributed by atoms with E-state index < -0.39 is 5.97 Å². The van der Waals surface area contributed by atoms with Crippen LogP contribution in [0.5, 0.6) is 0 Å². The minimum absolute atomic E-state index is 0.0523. The van der Waals surface area contributed by atoms with Crippen molar-refractivity contribution in [3.8, 4) is 16.3 Å². The highest BCUT2D eigenvalue weighted by atomic mass is 32.1. The molecule has 0 aliphatic heterocycles. The third-order valence-corrected chi connectivity index (χ3v) is 5.05. The fourth-order valence-corrected chi connectivity index (χ4v) is 3.55. The zero-order chi connectivity index (χ0) is 19.9. The van der Waals surface area contributed by atoms with Crippen LogP contribution in [0.2, 0.25) is 0 Å². The molecule has 0 saturated carbocycles. The summed E-state index contributed by atoms with van der Waals surface area (Å²) in [4.78, 5) is 25.6. The molecule has 2 heterocycles. The molecule has 1 amide bonds. The number of benzene rings is 1. The number of rotatable bonds is 8. The molecule has 0 radical (unpaired) electrons. The van der Waals surface area contributed by atoms with Crippen LogP contribution >= 0.6 is 11.3 Å². The summed E-state index contributed by atoms with van der Waals surface area (Å²) < 4.78 is 6.80. The van der Waals surface area contributed by atoms with Crippen molar-refractivity contribution in [3.63, 3.8) is 0 Å². The quantitative estimate of drug-likeness (QED) is 0.582. The molecule has 6 nitrogen and oxygen atoms in total. The summed E-state index contributed by atoms with van der Waals surface area (Å²) in [5.41, 5.74) is 1.72. The van der Waals surface area contributed by atoms with Gasteiger partial charge < -0.3 is 10.1 Å². The summed E-state index contributed by atoms with van der Waals surface area (Å²) in [6, 6.07) is 15.0. The summed E-state index contributed by atoms with van der Waals surface area (Å²) in [6.45, 7) is 3.67. The van der Waals surface area contributed by atoms with Crippen molar-refractivity contribution >= 4 is 23.2 Å². The highest BCUT2D eigenvalue weighted by Crippen LogP contribution is 2.26. The zero-order valence-electron chi connectivity index (χ0n) is 15.9. The number of carbonyl (C=O) groups excluding carboxylic acids is 2. The molecule has 0 saturated heterocycles. The van der Waals surface area contributed by atoms with Gasteiger partial charge in [0.05, 0.1) is 10.6 Å². The Morgan fingerprint density at radius 2 is 2.00 bits per heavy atom. The highest BCUT2D eigenvalue weighted by molar-refractivity contribution is 7.13. The van der Waals surface area contributed by atoms with Crippen LogP contribution < -0.4 is 5.32 Å². The van der Waals surface area contributed by atoms with Crippen LogP contribution in [-0.4, -0.2) is 34.3 Å². The molecule has 3 aromatic rings. The lowest BCUT2D eigenvalue weighted by atomic mass is 10.2. The molecule has 2 aromatic heterocycles. The van der Waals surface area contributed by atoms with E-state index in [0.717, 1.165) is 23.4 Å². The van der Waals surface area contributed by atoms with Gasteiger partial charge in [-0.05, 0) is 36.9 Å². The molecule has 7 heteroatoms. The molecule has 0 fully saturated rings. The van der Waals surface area contributed by atoms with Gasteiger partial charge in [0.1, 0.15) is 5.69 Å². The van der Waals surface area contributed by atoms with Gasteiger partial charge in [0.15, 0.2) is 12.3 Å². The molecule has 1 aromatic carbocycles. The molecule has 1 atom stereocenters. The first kappa shape index (κ1) is 19.8. The summed E-state index contributed by atoms with van der Waals surface area (Å²) >= 11 is 1.54. The smallest absolute Gasteiger partial charge is 0.357 e. The number of ether oxygens (including phenoxy) is 1. The average molecular weight is 398 g/mol. The fraction of sp³-hybridized carbons (Fsp3) is 0.286. The number of thiophene rings is 1. The highest BCUT2D eigenvalue weighted by Gasteiger charge is 2.20. The Kier molecular flexibility index (Phi) is 6.60. The molecule has 28 heavy (non-hydrogen) atoms. The monoisotopic (exact) mass is 397 g/mol. The van der Waals surface area contributed by atoms with Crippen LogP contribution in [0.25, 0.3) is 16.3 Å². The number of hydrogen-bond donors (Lipinski definition) is 1. The predicted octanol–water partition coefficient (Wildman–Crippen LogP) is 4.06. The van der Waals surface area contributed by atoms with Crippen LogP contribution in [0.15, 0.2) is 53.9 Å². The minimum Gasteiger partial charge on any atom is -0.451 e. The van der Waals surface area contributed by atoms with Crippen molar-refractivity contribution < 1.29 is 14.3 Å². The van der Waals surface area contributed by atoms with Crippen LogP contribution in [0.1, 0.15) is 37.2 Å². The van der Waals surface area contributed by atoms with Crippen molar-refractivity contribution in [2.75, 3.05) is 6.61 Å². The number of nitrogens with one attached hydrogen (secondary N) is 1. The number of nitrogens with zero attached hydrogens (tertiary/aromatic N) is 2. The van der Waals surface area contributed by atoms with Crippen molar-refractivity contribution in [1.82, 2.24) is 15.1 Å². The van der Waals surface area contributed by atoms with E-state index in [4.69, 9.17) is 4.74 Å². The Balaban J connectivity index is 1.78. The molecule has 1 N–H and O–H groups in total. The second-order valence-electron chi connectivity index (χ2n) is 6.47. The Labute approximate surface area is 168 Å². The Hall–Kier alpha value is -2.93. The molecule has 3 rings (SSSR count). The Morgan fingerprint density at radius 3 is 2.68 bits per heavy atom. The first-order valence-electron chi connectivity index (χ1n) is 9.24. The van der Waals surface area contributed by atoms with E-state index in [1.807, 2.05) is 54.8 Å². The van der Waals surface area contributed by atoms with E-state index in [1.54, 1.807) is 22.1 Å². The van der Waals surface area contributed by atoms with Gasteiger partial charge in [-0.1, -0.05) is 37.6 Å². The molecule has 0 unspecified atom stereocenters. The Morgan fingerprint density at radius 1 is 1.21 bits per heavy atom. The van der Waals surface area contributed by atoms with Crippen molar-refractivity contribution in [2.45, 2.75) is 32.7 Å². The van der Waals surface area contributed by atoms with E-state index >= 15 is 0 Å². The molecule has 0 bridgehead atoms. The normalized spacial score (nSPS) is 11.8. The third kappa shape index (κ3) is 4.86. The van der Waals surface area contributed by atoms with Crippen molar-refractivity contribution in [2.24, 2.45) is 0 Å². The molecular weight excluding hydrogens is 374 g/mol. The molecule has 146 valence electrons. The lowest BCUT2D eigenvalue weighted by Crippen LogP contribution is -2.35. The first-order valence-corrected chi connectivity index (χ1v) is 10.1. The van der Waals surface area contributed by atoms with Gasteiger partial charge in [-0.2, -0.15) is 5.10 Å². The topological polar surface area (TPSA) is 73.2 Å². The van der Waals surface area contributed by atoms with Gasteiger partial charge in [-0.15, -0.1) is 11.3 Å². The fourth-order valence-electron chi connectivity index (χ4n) is 2.86. The van der Waals surface area contributed by atoms with E-state index in [0.29, 0.717) is 5.69 Å². The molecule has 0 spiro atoms. The van der Waals surface area contributed by atoms with Crippen LogP contribution in [0, 0.1) is 0 Å². The summed E-state index contributed by atoms with van der Waals surface area (Å²) in [5, 5.41) is 9.35. The van der Waals surface area contributed by atoms with Crippen molar-refractivity contribution in [1.29, 1.82) is 0 Å². The number of para-hydroxylation sites is 1. The number of amides is 1. The van der Waals surface area contributed by atoms with Crippen LogP contribution in [0.4, 0.5) is 0 Å². The maximum Gasteiger partial charge on any atom is 0.357 e. The average Bonchev–Trinajstić information content (AvgIpc) is 3.36.